The van der Waals surface area contributed by atoms with Crippen molar-refractivity contribution in [3.05, 3.63) is 34.4 Å². The molecule has 0 aliphatic heterocycles. The van der Waals surface area contributed by atoms with Crippen LogP contribution in [0.25, 0.3) is 0 Å². The van der Waals surface area contributed by atoms with Gasteiger partial charge in [-0.1, -0.05) is 0 Å². The van der Waals surface area contributed by atoms with Gasteiger partial charge in [0.2, 0.25) is 0 Å². The molecule has 0 radical (unpaired) electrons. The molecule has 3 N–H and O–H groups in total. The lowest BCUT2D eigenvalue weighted by Gasteiger charge is -2.03. The molecule has 0 aliphatic carbocycles. The largest absolute Gasteiger partial charge is 0.486 e. The van der Waals surface area contributed by atoms with Gasteiger partial charge in [-0.05, 0) is 12.1 Å². The van der Waals surface area contributed by atoms with E-state index in [1.807, 2.05) is 0 Å². The molecule has 0 amide bonds. The van der Waals surface area contributed by atoms with E-state index < -0.39 is 4.92 Å². The first-order chi connectivity index (χ1) is 6.59. The minimum Gasteiger partial charge on any atom is -0.486 e. The molecule has 74 valence electrons. The number of ether oxygens (including phenoxy) is 1. The second-order valence-electron chi connectivity index (χ2n) is 2.56. The molecule has 0 heterocycles. The standard InChI is InChI=1S/C8H9N3O3/c9-8(10)5-14-7-3-1-6(2-4-7)11(12)13/h1-4H,5H2,(H3,9,10). The minimum absolute atomic E-state index is 0.000162. The van der Waals surface area contributed by atoms with Crippen molar-refractivity contribution in [2.45, 2.75) is 0 Å². The number of nitrogens with two attached hydrogens (primary N) is 1. The maximum Gasteiger partial charge on any atom is 0.269 e. The van der Waals surface area contributed by atoms with Crippen LogP contribution in [0.15, 0.2) is 24.3 Å². The van der Waals surface area contributed by atoms with Gasteiger partial charge in [0.15, 0.2) is 0 Å². The highest BCUT2D eigenvalue weighted by Crippen LogP contribution is 2.16. The molecule has 0 bridgehead atoms. The van der Waals surface area contributed by atoms with Crippen LogP contribution in [-0.4, -0.2) is 17.4 Å². The first kappa shape index (κ1) is 9.97. The Labute approximate surface area is 80.0 Å². The fraction of sp³-hybridized carbons (Fsp3) is 0.125. The van der Waals surface area contributed by atoms with Gasteiger partial charge in [-0.15, -0.1) is 0 Å². The van der Waals surface area contributed by atoms with Gasteiger partial charge in [0.25, 0.3) is 5.69 Å². The first-order valence-corrected chi connectivity index (χ1v) is 3.80. The van der Waals surface area contributed by atoms with E-state index in [4.69, 9.17) is 15.9 Å². The molecule has 1 rings (SSSR count). The summed E-state index contributed by atoms with van der Waals surface area (Å²) in [5.74, 6) is 0.356. The molecular formula is C8H9N3O3. The summed E-state index contributed by atoms with van der Waals surface area (Å²) in [5.41, 5.74) is 5.07. The van der Waals surface area contributed by atoms with Crippen molar-refractivity contribution >= 4 is 11.5 Å². The maximum absolute atomic E-state index is 10.3. The summed E-state index contributed by atoms with van der Waals surface area (Å²) in [5, 5.41) is 17.2. The van der Waals surface area contributed by atoms with Gasteiger partial charge in [0.1, 0.15) is 18.2 Å². The van der Waals surface area contributed by atoms with Gasteiger partial charge in [-0.3, -0.25) is 15.5 Å². The Bertz CT molecular complexity index is 347. The average molecular weight is 195 g/mol. The number of hydrogen-bond acceptors (Lipinski definition) is 4. The summed E-state index contributed by atoms with van der Waals surface area (Å²) in [4.78, 5) is 9.80. The minimum atomic E-state index is -0.491. The number of benzene rings is 1. The van der Waals surface area contributed by atoms with Crippen molar-refractivity contribution < 1.29 is 9.66 Å². The zero-order chi connectivity index (χ0) is 10.6. The van der Waals surface area contributed by atoms with Crippen LogP contribution >= 0.6 is 0 Å². The van der Waals surface area contributed by atoms with Crippen molar-refractivity contribution in [3.8, 4) is 5.75 Å². The van der Waals surface area contributed by atoms with Crippen LogP contribution in [0, 0.1) is 15.5 Å². The lowest BCUT2D eigenvalue weighted by atomic mass is 10.3. The quantitative estimate of drug-likeness (QED) is 0.322. The molecule has 0 saturated heterocycles. The van der Waals surface area contributed by atoms with Crippen molar-refractivity contribution in [2.75, 3.05) is 6.61 Å². The van der Waals surface area contributed by atoms with Crippen LogP contribution in [-0.2, 0) is 0 Å². The zero-order valence-electron chi connectivity index (χ0n) is 7.27. The zero-order valence-corrected chi connectivity index (χ0v) is 7.27. The Morgan fingerprint density at radius 3 is 2.50 bits per heavy atom. The molecule has 0 aliphatic rings. The van der Waals surface area contributed by atoms with E-state index in [9.17, 15) is 10.1 Å². The smallest absolute Gasteiger partial charge is 0.269 e. The fourth-order valence-electron chi connectivity index (χ4n) is 0.825. The van der Waals surface area contributed by atoms with Gasteiger partial charge >= 0.3 is 0 Å². The second kappa shape index (κ2) is 4.22. The summed E-state index contributed by atoms with van der Waals surface area (Å²) in [7, 11) is 0. The Morgan fingerprint density at radius 1 is 1.50 bits per heavy atom. The summed E-state index contributed by atoms with van der Waals surface area (Å²) in [6, 6.07) is 5.58. The van der Waals surface area contributed by atoms with E-state index in [-0.39, 0.29) is 18.1 Å². The van der Waals surface area contributed by atoms with Crippen LogP contribution in [0.5, 0.6) is 5.75 Å². The molecule has 1 aromatic carbocycles. The number of amidine groups is 1. The molecular weight excluding hydrogens is 186 g/mol. The predicted molar refractivity (Wildman–Crippen MR) is 50.5 cm³/mol. The van der Waals surface area contributed by atoms with Crippen molar-refractivity contribution in [3.63, 3.8) is 0 Å². The average Bonchev–Trinajstić information content (AvgIpc) is 2.15. The Hall–Kier alpha value is -2.11. The third kappa shape index (κ3) is 2.74. The predicted octanol–water partition coefficient (Wildman–Crippen LogP) is 0.910. The molecule has 6 nitrogen and oxygen atoms in total. The topological polar surface area (TPSA) is 102 Å². The normalized spacial score (nSPS) is 9.43. The number of non-ortho nitro benzene ring substituents is 1. The lowest BCUT2D eigenvalue weighted by Crippen LogP contribution is -2.19. The monoisotopic (exact) mass is 195 g/mol. The van der Waals surface area contributed by atoms with Gasteiger partial charge in [0.05, 0.1) is 4.92 Å². The van der Waals surface area contributed by atoms with Crippen LogP contribution in [0.2, 0.25) is 0 Å². The molecule has 0 fully saturated rings. The number of hydrogen-bond donors (Lipinski definition) is 2. The summed E-state index contributed by atoms with van der Waals surface area (Å²) < 4.78 is 5.03. The Balaban J connectivity index is 2.64. The van der Waals surface area contributed by atoms with Gasteiger partial charge in [0, 0.05) is 12.1 Å². The first-order valence-electron chi connectivity index (χ1n) is 3.80. The van der Waals surface area contributed by atoms with Crippen LogP contribution in [0.4, 0.5) is 5.69 Å². The molecule has 0 spiro atoms. The van der Waals surface area contributed by atoms with Gasteiger partial charge in [-0.25, -0.2) is 0 Å². The Kier molecular flexibility index (Phi) is 3.01. The molecule has 0 unspecified atom stereocenters. The highest BCUT2D eigenvalue weighted by molar-refractivity contribution is 5.78. The van der Waals surface area contributed by atoms with E-state index in [0.29, 0.717) is 5.75 Å². The van der Waals surface area contributed by atoms with Crippen LogP contribution < -0.4 is 10.5 Å². The van der Waals surface area contributed by atoms with Crippen molar-refractivity contribution in [1.82, 2.24) is 0 Å². The molecule has 6 heteroatoms. The molecule has 1 aromatic rings. The van der Waals surface area contributed by atoms with E-state index in [1.165, 1.54) is 24.3 Å². The summed E-state index contributed by atoms with van der Waals surface area (Å²) in [6.07, 6.45) is 0. The van der Waals surface area contributed by atoms with Crippen molar-refractivity contribution in [2.24, 2.45) is 5.73 Å². The van der Waals surface area contributed by atoms with Crippen LogP contribution in [0.1, 0.15) is 0 Å². The SMILES string of the molecule is N=C(N)COc1ccc([N+](=O)[O-])cc1. The van der Waals surface area contributed by atoms with Crippen LogP contribution in [0.3, 0.4) is 0 Å². The maximum atomic E-state index is 10.3. The third-order valence-electron chi connectivity index (χ3n) is 1.44. The molecule has 0 aromatic heterocycles. The number of nitrogens with zero attached hydrogens (tertiary/aromatic N) is 1. The van der Waals surface area contributed by atoms with E-state index >= 15 is 0 Å². The van der Waals surface area contributed by atoms with Gasteiger partial charge < -0.3 is 10.5 Å². The number of nitro benzene ring substituents is 1. The highest BCUT2D eigenvalue weighted by Gasteiger charge is 2.04. The molecule has 0 saturated carbocycles. The fourth-order valence-corrected chi connectivity index (χ4v) is 0.825. The third-order valence-corrected chi connectivity index (χ3v) is 1.44. The molecule has 0 atom stereocenters. The summed E-state index contributed by atoms with van der Waals surface area (Å²) in [6.45, 7) is -0.0161. The van der Waals surface area contributed by atoms with Gasteiger partial charge in [-0.2, -0.15) is 0 Å². The highest BCUT2D eigenvalue weighted by atomic mass is 16.6. The van der Waals surface area contributed by atoms with E-state index in [0.717, 1.165) is 0 Å². The Morgan fingerprint density at radius 2 is 2.07 bits per heavy atom. The molecule has 14 heavy (non-hydrogen) atoms. The number of nitro groups is 1. The van der Waals surface area contributed by atoms with E-state index in [2.05, 4.69) is 0 Å². The number of nitrogens with one attached hydrogen (secondary N) is 1. The number of rotatable bonds is 4. The second-order valence-corrected chi connectivity index (χ2v) is 2.56. The van der Waals surface area contributed by atoms with Crippen molar-refractivity contribution in [1.29, 1.82) is 5.41 Å². The van der Waals surface area contributed by atoms with E-state index in [1.54, 1.807) is 0 Å². The summed E-state index contributed by atoms with van der Waals surface area (Å²) >= 11 is 0. The lowest BCUT2D eigenvalue weighted by molar-refractivity contribution is -0.384.